The monoisotopic (exact) mass is 286 g/mol. The van der Waals surface area contributed by atoms with Crippen LogP contribution in [-0.2, 0) is 0 Å². The lowest BCUT2D eigenvalue weighted by Crippen LogP contribution is -2.48. The van der Waals surface area contributed by atoms with Crippen LogP contribution < -0.4 is 4.90 Å². The molecule has 0 atom stereocenters. The molecule has 21 heavy (non-hydrogen) atoms. The van der Waals surface area contributed by atoms with Crippen LogP contribution >= 0.6 is 0 Å². The Labute approximate surface area is 123 Å². The molecule has 1 saturated heterocycles. The predicted octanol–water partition coefficient (Wildman–Crippen LogP) is 1.65. The number of hydrogen-bond acceptors (Lipinski definition) is 5. The van der Waals surface area contributed by atoms with Crippen molar-refractivity contribution in [3.05, 3.63) is 41.3 Å². The first kappa shape index (κ1) is 13.6. The van der Waals surface area contributed by atoms with Crippen molar-refractivity contribution in [1.82, 2.24) is 15.1 Å². The maximum atomic E-state index is 12.4. The van der Waals surface area contributed by atoms with Crippen LogP contribution in [0.2, 0.25) is 0 Å². The maximum Gasteiger partial charge on any atom is 0.318 e. The molecule has 1 aliphatic heterocycles. The predicted molar refractivity (Wildman–Crippen MR) is 78.3 cm³/mol. The second-order valence-electron chi connectivity index (χ2n) is 5.25. The van der Waals surface area contributed by atoms with Gasteiger partial charge in [-0.05, 0) is 19.1 Å². The molecule has 1 aliphatic rings. The number of anilines is 1. The average Bonchev–Trinajstić information content (AvgIpc) is 2.94. The van der Waals surface area contributed by atoms with Crippen molar-refractivity contribution in [2.75, 3.05) is 31.1 Å². The Kier molecular flexibility index (Phi) is 3.60. The summed E-state index contributed by atoms with van der Waals surface area (Å²) in [5, 5.41) is 7.85. The minimum atomic E-state index is 0.0800. The van der Waals surface area contributed by atoms with E-state index in [1.54, 1.807) is 6.92 Å². The summed E-state index contributed by atoms with van der Waals surface area (Å²) in [6.45, 7) is 6.52. The van der Waals surface area contributed by atoms with E-state index in [0.717, 1.165) is 11.1 Å². The first-order valence-electron chi connectivity index (χ1n) is 7.04. The average molecular weight is 286 g/mol. The highest BCUT2D eigenvalue weighted by molar-refractivity contribution is 5.94. The first-order chi connectivity index (χ1) is 10.1. The fourth-order valence-electron chi connectivity index (χ4n) is 2.39. The van der Waals surface area contributed by atoms with Crippen LogP contribution in [0.3, 0.4) is 0 Å². The number of rotatable bonds is 2. The Balaban J connectivity index is 1.63. The van der Waals surface area contributed by atoms with Gasteiger partial charge in [-0.3, -0.25) is 4.79 Å². The molecule has 3 rings (SSSR count). The Hall–Kier alpha value is -2.37. The molecule has 6 nitrogen and oxygen atoms in total. The van der Waals surface area contributed by atoms with Crippen LogP contribution in [0.5, 0.6) is 0 Å². The molecule has 110 valence electrons. The zero-order valence-corrected chi connectivity index (χ0v) is 12.2. The smallest absolute Gasteiger partial charge is 0.318 e. The third-order valence-electron chi connectivity index (χ3n) is 3.65. The van der Waals surface area contributed by atoms with Crippen molar-refractivity contribution < 1.29 is 9.21 Å². The molecular formula is C15H18N4O2. The molecule has 0 spiro atoms. The number of carbonyl (C=O) groups is 1. The van der Waals surface area contributed by atoms with E-state index in [-0.39, 0.29) is 5.91 Å². The van der Waals surface area contributed by atoms with Gasteiger partial charge >= 0.3 is 6.01 Å². The van der Waals surface area contributed by atoms with Crippen LogP contribution in [0.1, 0.15) is 21.8 Å². The molecule has 0 unspecified atom stereocenters. The van der Waals surface area contributed by atoms with Crippen molar-refractivity contribution in [3.8, 4) is 0 Å². The van der Waals surface area contributed by atoms with Gasteiger partial charge in [0.2, 0.25) is 5.89 Å². The molecule has 1 aromatic heterocycles. The van der Waals surface area contributed by atoms with Gasteiger partial charge in [0.1, 0.15) is 0 Å². The lowest BCUT2D eigenvalue weighted by molar-refractivity contribution is 0.0745. The number of piperazine rings is 1. The van der Waals surface area contributed by atoms with E-state index in [0.29, 0.717) is 38.1 Å². The van der Waals surface area contributed by atoms with E-state index in [1.807, 2.05) is 41.0 Å². The van der Waals surface area contributed by atoms with E-state index in [4.69, 9.17) is 4.42 Å². The minimum absolute atomic E-state index is 0.0800. The summed E-state index contributed by atoms with van der Waals surface area (Å²) >= 11 is 0. The van der Waals surface area contributed by atoms with Gasteiger partial charge in [-0.2, -0.15) is 0 Å². The highest BCUT2D eigenvalue weighted by atomic mass is 16.4. The third-order valence-corrected chi connectivity index (χ3v) is 3.65. The SMILES string of the molecule is Cc1ccc(C(=O)N2CCN(c3nnc(C)o3)CC2)cc1. The number of hydrogen-bond donors (Lipinski definition) is 0. The second-order valence-corrected chi connectivity index (χ2v) is 5.25. The van der Waals surface area contributed by atoms with Crippen molar-refractivity contribution in [2.45, 2.75) is 13.8 Å². The molecule has 1 aromatic carbocycles. The Morgan fingerprint density at radius 2 is 1.71 bits per heavy atom. The van der Waals surface area contributed by atoms with E-state index in [9.17, 15) is 4.79 Å². The normalized spacial score (nSPS) is 15.3. The van der Waals surface area contributed by atoms with Crippen molar-refractivity contribution in [2.24, 2.45) is 0 Å². The van der Waals surface area contributed by atoms with Gasteiger partial charge < -0.3 is 14.2 Å². The maximum absolute atomic E-state index is 12.4. The molecule has 0 saturated carbocycles. The summed E-state index contributed by atoms with van der Waals surface area (Å²) < 4.78 is 5.42. The Morgan fingerprint density at radius 1 is 1.05 bits per heavy atom. The molecule has 2 aromatic rings. The van der Waals surface area contributed by atoms with E-state index >= 15 is 0 Å². The number of benzene rings is 1. The summed E-state index contributed by atoms with van der Waals surface area (Å²) in [6, 6.07) is 8.22. The van der Waals surface area contributed by atoms with Crippen molar-refractivity contribution in [1.29, 1.82) is 0 Å². The topological polar surface area (TPSA) is 62.5 Å². The Bertz CT molecular complexity index is 627. The highest BCUT2D eigenvalue weighted by Crippen LogP contribution is 2.16. The number of carbonyl (C=O) groups excluding carboxylic acids is 1. The van der Waals surface area contributed by atoms with Crippen LogP contribution in [0.15, 0.2) is 28.7 Å². The number of aryl methyl sites for hydroxylation is 2. The molecule has 0 radical (unpaired) electrons. The van der Waals surface area contributed by atoms with Gasteiger partial charge in [0.25, 0.3) is 5.91 Å². The largest absolute Gasteiger partial charge is 0.408 e. The number of nitrogens with zero attached hydrogens (tertiary/aromatic N) is 4. The zero-order valence-electron chi connectivity index (χ0n) is 12.2. The van der Waals surface area contributed by atoms with Gasteiger partial charge in [-0.15, -0.1) is 5.10 Å². The summed E-state index contributed by atoms with van der Waals surface area (Å²) in [4.78, 5) is 16.3. The Morgan fingerprint density at radius 3 is 2.29 bits per heavy atom. The second kappa shape index (κ2) is 5.55. The fraction of sp³-hybridized carbons (Fsp3) is 0.400. The van der Waals surface area contributed by atoms with E-state index < -0.39 is 0 Å². The van der Waals surface area contributed by atoms with E-state index in [2.05, 4.69) is 10.2 Å². The minimum Gasteiger partial charge on any atom is -0.408 e. The van der Waals surface area contributed by atoms with Gasteiger partial charge in [-0.1, -0.05) is 22.8 Å². The molecule has 1 fully saturated rings. The lowest BCUT2D eigenvalue weighted by Gasteiger charge is -2.33. The van der Waals surface area contributed by atoms with Crippen LogP contribution in [0.4, 0.5) is 6.01 Å². The van der Waals surface area contributed by atoms with Crippen molar-refractivity contribution >= 4 is 11.9 Å². The number of amides is 1. The van der Waals surface area contributed by atoms with Gasteiger partial charge in [0.05, 0.1) is 0 Å². The van der Waals surface area contributed by atoms with Crippen LogP contribution in [0.25, 0.3) is 0 Å². The summed E-state index contributed by atoms with van der Waals surface area (Å²) in [5.41, 5.74) is 1.89. The summed E-state index contributed by atoms with van der Waals surface area (Å²) in [6.07, 6.45) is 0. The molecule has 6 heteroatoms. The van der Waals surface area contributed by atoms with Crippen molar-refractivity contribution in [3.63, 3.8) is 0 Å². The zero-order chi connectivity index (χ0) is 14.8. The molecule has 1 amide bonds. The van der Waals surface area contributed by atoms with Gasteiger partial charge in [0, 0.05) is 38.7 Å². The molecule has 0 N–H and O–H groups in total. The highest BCUT2D eigenvalue weighted by Gasteiger charge is 2.24. The quantitative estimate of drug-likeness (QED) is 0.840. The molecule has 0 bridgehead atoms. The fourth-order valence-corrected chi connectivity index (χ4v) is 2.39. The summed E-state index contributed by atoms with van der Waals surface area (Å²) in [7, 11) is 0. The first-order valence-corrected chi connectivity index (χ1v) is 7.04. The number of aromatic nitrogens is 2. The van der Waals surface area contributed by atoms with Crippen LogP contribution in [-0.4, -0.2) is 47.2 Å². The molecule has 0 aliphatic carbocycles. The lowest BCUT2D eigenvalue weighted by atomic mass is 10.1. The molecule has 2 heterocycles. The van der Waals surface area contributed by atoms with Gasteiger partial charge in [0.15, 0.2) is 0 Å². The third kappa shape index (κ3) is 2.89. The standard InChI is InChI=1S/C15H18N4O2/c1-11-3-5-13(6-4-11)14(20)18-7-9-19(10-8-18)15-17-16-12(2)21-15/h3-6H,7-10H2,1-2H3. The molecular weight excluding hydrogens is 268 g/mol. The van der Waals surface area contributed by atoms with Crippen LogP contribution in [0, 0.1) is 13.8 Å². The van der Waals surface area contributed by atoms with Gasteiger partial charge in [-0.25, -0.2) is 0 Å². The van der Waals surface area contributed by atoms with E-state index in [1.165, 1.54) is 0 Å². The summed E-state index contributed by atoms with van der Waals surface area (Å²) in [5.74, 6) is 0.638.